The SMILES string of the molecule is C=C(C)c1ccc(C2CCCCC2)c(C2CCCCC2)c1C(=C)C. The van der Waals surface area contributed by atoms with E-state index in [9.17, 15) is 0 Å². The molecule has 2 fully saturated rings. The monoisotopic (exact) mass is 322 g/mol. The van der Waals surface area contributed by atoms with Crippen LogP contribution >= 0.6 is 0 Å². The zero-order valence-electron chi connectivity index (χ0n) is 15.8. The molecule has 0 spiro atoms. The molecule has 2 aliphatic rings. The fourth-order valence-corrected chi connectivity index (χ4v) is 5.05. The Morgan fingerprint density at radius 3 is 1.79 bits per heavy atom. The minimum Gasteiger partial charge on any atom is -0.0955 e. The van der Waals surface area contributed by atoms with Crippen molar-refractivity contribution < 1.29 is 0 Å². The van der Waals surface area contributed by atoms with Crippen LogP contribution in [-0.2, 0) is 0 Å². The molecule has 2 aliphatic carbocycles. The van der Waals surface area contributed by atoms with Gasteiger partial charge < -0.3 is 0 Å². The topological polar surface area (TPSA) is 0 Å². The number of benzene rings is 1. The fourth-order valence-electron chi connectivity index (χ4n) is 5.05. The molecule has 2 saturated carbocycles. The lowest BCUT2D eigenvalue weighted by Gasteiger charge is -2.33. The van der Waals surface area contributed by atoms with E-state index in [1.807, 2.05) is 0 Å². The van der Waals surface area contributed by atoms with Gasteiger partial charge in [-0.05, 0) is 73.6 Å². The third-order valence-electron chi connectivity index (χ3n) is 6.22. The highest BCUT2D eigenvalue weighted by molar-refractivity contribution is 5.80. The Kier molecular flexibility index (Phi) is 5.64. The van der Waals surface area contributed by atoms with E-state index < -0.39 is 0 Å². The Balaban J connectivity index is 2.14. The van der Waals surface area contributed by atoms with Gasteiger partial charge in [-0.2, -0.15) is 0 Å². The van der Waals surface area contributed by atoms with Crippen molar-refractivity contribution in [1.29, 1.82) is 0 Å². The van der Waals surface area contributed by atoms with E-state index in [1.54, 1.807) is 11.1 Å². The molecule has 1 aromatic carbocycles. The van der Waals surface area contributed by atoms with Crippen molar-refractivity contribution >= 4 is 11.1 Å². The molecule has 0 aliphatic heterocycles. The molecule has 0 heteroatoms. The second-order valence-electron chi connectivity index (χ2n) is 8.22. The van der Waals surface area contributed by atoms with Crippen LogP contribution in [0.4, 0.5) is 0 Å². The highest BCUT2D eigenvalue weighted by atomic mass is 14.3. The minimum atomic E-state index is 0.738. The summed E-state index contributed by atoms with van der Waals surface area (Å²) in [7, 11) is 0. The molecule has 0 radical (unpaired) electrons. The van der Waals surface area contributed by atoms with Crippen LogP contribution in [0.25, 0.3) is 11.1 Å². The number of allylic oxidation sites excluding steroid dienone is 2. The van der Waals surface area contributed by atoms with E-state index >= 15 is 0 Å². The largest absolute Gasteiger partial charge is 0.0955 e. The van der Waals surface area contributed by atoms with Gasteiger partial charge in [0, 0.05) is 0 Å². The van der Waals surface area contributed by atoms with Gasteiger partial charge in [0.05, 0.1) is 0 Å². The van der Waals surface area contributed by atoms with Gasteiger partial charge in [-0.25, -0.2) is 0 Å². The van der Waals surface area contributed by atoms with Crippen LogP contribution in [0.15, 0.2) is 25.3 Å². The first-order chi connectivity index (χ1) is 11.6. The third-order valence-corrected chi connectivity index (χ3v) is 6.22. The van der Waals surface area contributed by atoms with Gasteiger partial charge in [0.25, 0.3) is 0 Å². The first-order valence-electron chi connectivity index (χ1n) is 10.1. The summed E-state index contributed by atoms with van der Waals surface area (Å²) in [4.78, 5) is 0. The molecule has 0 atom stereocenters. The Labute approximate surface area is 149 Å². The van der Waals surface area contributed by atoms with Gasteiger partial charge in [-0.3, -0.25) is 0 Å². The van der Waals surface area contributed by atoms with Gasteiger partial charge in [-0.15, -0.1) is 0 Å². The quantitative estimate of drug-likeness (QED) is 0.529. The minimum absolute atomic E-state index is 0.738. The first-order valence-corrected chi connectivity index (χ1v) is 10.1. The summed E-state index contributed by atoms with van der Waals surface area (Å²) in [5, 5.41) is 0. The van der Waals surface area contributed by atoms with E-state index in [-0.39, 0.29) is 0 Å². The van der Waals surface area contributed by atoms with Gasteiger partial charge in [0.15, 0.2) is 0 Å². The third kappa shape index (κ3) is 3.53. The fraction of sp³-hybridized carbons (Fsp3) is 0.583. The predicted octanol–water partition coefficient (Wildman–Crippen LogP) is 7.85. The van der Waals surface area contributed by atoms with E-state index in [0.717, 1.165) is 11.8 Å². The highest BCUT2D eigenvalue weighted by Crippen LogP contribution is 2.45. The van der Waals surface area contributed by atoms with Gasteiger partial charge in [0.2, 0.25) is 0 Å². The van der Waals surface area contributed by atoms with Crippen LogP contribution < -0.4 is 0 Å². The maximum absolute atomic E-state index is 4.37. The summed E-state index contributed by atoms with van der Waals surface area (Å²) in [6.45, 7) is 13.0. The van der Waals surface area contributed by atoms with Crippen molar-refractivity contribution in [1.82, 2.24) is 0 Å². The van der Waals surface area contributed by atoms with Crippen LogP contribution in [0.3, 0.4) is 0 Å². The molecule has 0 amide bonds. The molecule has 130 valence electrons. The zero-order valence-corrected chi connectivity index (χ0v) is 15.8. The van der Waals surface area contributed by atoms with Crippen LogP contribution in [0.1, 0.15) is 112 Å². The molecule has 0 N–H and O–H groups in total. The highest BCUT2D eigenvalue weighted by Gasteiger charge is 2.27. The van der Waals surface area contributed by atoms with E-state index in [2.05, 4.69) is 39.1 Å². The zero-order chi connectivity index (χ0) is 17.1. The van der Waals surface area contributed by atoms with Crippen molar-refractivity contribution in [2.75, 3.05) is 0 Å². The molecule has 3 rings (SSSR count). The molecule has 0 bridgehead atoms. The summed E-state index contributed by atoms with van der Waals surface area (Å²) in [6, 6.07) is 4.79. The normalized spacial score (nSPS) is 20.1. The smallest absolute Gasteiger partial charge is 0.0120 e. The lowest BCUT2D eigenvalue weighted by Crippen LogP contribution is -2.15. The average Bonchev–Trinajstić information content (AvgIpc) is 2.61. The van der Waals surface area contributed by atoms with Crippen LogP contribution in [0.5, 0.6) is 0 Å². The molecule has 0 nitrogen and oxygen atoms in total. The first kappa shape index (κ1) is 17.5. The van der Waals surface area contributed by atoms with Crippen LogP contribution in [-0.4, -0.2) is 0 Å². The Bertz CT molecular complexity index is 607. The maximum Gasteiger partial charge on any atom is -0.0120 e. The standard InChI is InChI=1S/C24H34/c1-17(2)21-15-16-22(19-11-7-5-8-12-19)24(23(21)18(3)4)20-13-9-6-10-14-20/h15-16,19-20H,1,3,5-14H2,2,4H3. The molecule has 24 heavy (non-hydrogen) atoms. The van der Waals surface area contributed by atoms with Gasteiger partial charge >= 0.3 is 0 Å². The Morgan fingerprint density at radius 1 is 0.750 bits per heavy atom. The summed E-state index contributed by atoms with van der Waals surface area (Å²) in [5.41, 5.74) is 8.51. The molecule has 0 saturated heterocycles. The Hall–Kier alpha value is -1.30. The molecular formula is C24H34. The second-order valence-corrected chi connectivity index (χ2v) is 8.22. The number of rotatable bonds is 4. The summed E-state index contributed by atoms with van der Waals surface area (Å²) < 4.78 is 0. The van der Waals surface area contributed by atoms with E-state index in [0.29, 0.717) is 0 Å². The van der Waals surface area contributed by atoms with E-state index in [4.69, 9.17) is 0 Å². The molecule has 0 aromatic heterocycles. The molecular weight excluding hydrogens is 288 g/mol. The molecule has 0 unspecified atom stereocenters. The van der Waals surface area contributed by atoms with Crippen molar-refractivity contribution in [3.8, 4) is 0 Å². The lowest BCUT2D eigenvalue weighted by atomic mass is 9.72. The van der Waals surface area contributed by atoms with Crippen molar-refractivity contribution in [2.45, 2.75) is 89.9 Å². The summed E-state index contributed by atoms with van der Waals surface area (Å²) >= 11 is 0. The number of hydrogen-bond donors (Lipinski definition) is 0. The predicted molar refractivity (Wildman–Crippen MR) is 108 cm³/mol. The molecule has 0 heterocycles. The van der Waals surface area contributed by atoms with Crippen molar-refractivity contribution in [3.63, 3.8) is 0 Å². The van der Waals surface area contributed by atoms with Gasteiger partial charge in [0.1, 0.15) is 0 Å². The van der Waals surface area contributed by atoms with Crippen molar-refractivity contribution in [3.05, 3.63) is 47.5 Å². The average molecular weight is 323 g/mol. The Morgan fingerprint density at radius 2 is 1.29 bits per heavy atom. The second kappa shape index (κ2) is 7.72. The summed E-state index contributed by atoms with van der Waals surface area (Å²) in [5.74, 6) is 1.51. The van der Waals surface area contributed by atoms with Crippen LogP contribution in [0.2, 0.25) is 0 Å². The summed E-state index contributed by atoms with van der Waals surface area (Å²) in [6.07, 6.45) is 13.9. The number of hydrogen-bond acceptors (Lipinski definition) is 0. The van der Waals surface area contributed by atoms with Crippen LogP contribution in [0, 0.1) is 0 Å². The lowest BCUT2D eigenvalue weighted by molar-refractivity contribution is 0.418. The molecule has 1 aromatic rings. The van der Waals surface area contributed by atoms with Gasteiger partial charge in [-0.1, -0.05) is 75.0 Å². The van der Waals surface area contributed by atoms with Crippen molar-refractivity contribution in [2.24, 2.45) is 0 Å². The van der Waals surface area contributed by atoms with E-state index in [1.165, 1.54) is 86.5 Å². The maximum atomic E-state index is 4.37.